The van der Waals surface area contributed by atoms with Crippen LogP contribution in [0.25, 0.3) is 0 Å². The number of hydrogen-bond acceptors (Lipinski definition) is 4. The minimum absolute atomic E-state index is 0.0747. The molecule has 2 rings (SSSR count). The Kier molecular flexibility index (Phi) is 5.84. The number of allylic oxidation sites excluding steroid dienone is 1. The van der Waals surface area contributed by atoms with Crippen LogP contribution in [0.4, 0.5) is 32.0 Å². The molecule has 0 radical (unpaired) electrons. The van der Waals surface area contributed by atoms with Crippen LogP contribution in [0.5, 0.6) is 11.5 Å². The summed E-state index contributed by atoms with van der Waals surface area (Å²) in [6, 6.07) is 5.12. The van der Waals surface area contributed by atoms with Crippen molar-refractivity contribution in [1.82, 2.24) is 0 Å². The van der Waals surface area contributed by atoms with Crippen molar-refractivity contribution in [2.24, 2.45) is 0 Å². The highest BCUT2D eigenvalue weighted by molar-refractivity contribution is 5.56. The monoisotopic (exact) mass is 397 g/mol. The number of alkyl halides is 3. The van der Waals surface area contributed by atoms with E-state index in [0.29, 0.717) is 0 Å². The Morgan fingerprint density at radius 2 is 1.57 bits per heavy atom. The molecule has 0 bridgehead atoms. The van der Waals surface area contributed by atoms with Crippen molar-refractivity contribution in [3.05, 3.63) is 64.6 Å². The second-order valence-corrected chi connectivity index (χ2v) is 5.39. The second-order valence-electron chi connectivity index (χ2n) is 5.39. The largest absolute Gasteiger partial charge is 0.451 e. The minimum atomic E-state index is -4.95. The molecule has 0 unspecified atom stereocenters. The highest BCUT2D eigenvalue weighted by atomic mass is 19.4. The number of benzene rings is 2. The molecule has 4 nitrogen and oxygen atoms in total. The van der Waals surface area contributed by atoms with Crippen molar-refractivity contribution >= 4 is 5.69 Å². The molecule has 0 aliphatic rings. The quantitative estimate of drug-likeness (QED) is 0.541. The van der Waals surface area contributed by atoms with E-state index < -0.39 is 34.9 Å². The molecule has 1 N–H and O–H groups in total. The molecule has 0 amide bonds. The van der Waals surface area contributed by atoms with Gasteiger partial charge in [-0.25, -0.2) is 13.2 Å². The lowest BCUT2D eigenvalue weighted by Crippen LogP contribution is -2.07. The molecule has 0 aliphatic heterocycles. The van der Waals surface area contributed by atoms with Crippen LogP contribution in [0.15, 0.2) is 36.0 Å². The molecular weight excluding hydrogens is 388 g/mol. The number of ether oxygens (including phenoxy) is 1. The Morgan fingerprint density at radius 3 is 2.07 bits per heavy atom. The van der Waals surface area contributed by atoms with Crippen LogP contribution in [0, 0.1) is 47.0 Å². The van der Waals surface area contributed by atoms with Gasteiger partial charge in [-0.2, -0.15) is 23.7 Å². The minimum Gasteiger partial charge on any atom is -0.451 e. The van der Waals surface area contributed by atoms with Gasteiger partial charge in [0, 0.05) is 12.3 Å². The standard InChI is InChI=1S/C18H9F6N3O/c1-9-2-12(19)15(27-8-10(6-25)7-26)5-16(9)28-17-13(20)3-11(4-14(17)21)18(22,23)24/h2-5,8,27H,1H3. The van der Waals surface area contributed by atoms with Gasteiger partial charge in [-0.3, -0.25) is 0 Å². The van der Waals surface area contributed by atoms with E-state index in [4.69, 9.17) is 15.3 Å². The van der Waals surface area contributed by atoms with E-state index in [0.717, 1.165) is 18.3 Å². The maximum atomic E-state index is 14.0. The molecule has 0 aromatic heterocycles. The lowest BCUT2D eigenvalue weighted by atomic mass is 10.1. The molecule has 0 saturated heterocycles. The van der Waals surface area contributed by atoms with Crippen LogP contribution < -0.4 is 10.1 Å². The molecule has 28 heavy (non-hydrogen) atoms. The van der Waals surface area contributed by atoms with Crippen molar-refractivity contribution in [1.29, 1.82) is 10.5 Å². The van der Waals surface area contributed by atoms with Gasteiger partial charge in [-0.1, -0.05) is 0 Å². The van der Waals surface area contributed by atoms with Gasteiger partial charge in [0.2, 0.25) is 0 Å². The summed E-state index contributed by atoms with van der Waals surface area (Å²) in [4.78, 5) is 0. The number of halogens is 6. The summed E-state index contributed by atoms with van der Waals surface area (Å²) in [5.74, 6) is -5.38. The number of hydrogen-bond donors (Lipinski definition) is 1. The fraction of sp³-hybridized carbons (Fsp3) is 0.111. The highest BCUT2D eigenvalue weighted by Crippen LogP contribution is 2.37. The molecular formula is C18H9F6N3O. The zero-order valence-corrected chi connectivity index (χ0v) is 14.0. The molecule has 0 spiro atoms. The van der Waals surface area contributed by atoms with Crippen molar-refractivity contribution < 1.29 is 31.1 Å². The van der Waals surface area contributed by atoms with Crippen molar-refractivity contribution in [3.8, 4) is 23.6 Å². The van der Waals surface area contributed by atoms with E-state index in [-0.39, 0.29) is 34.7 Å². The van der Waals surface area contributed by atoms with E-state index in [9.17, 15) is 26.3 Å². The van der Waals surface area contributed by atoms with Gasteiger partial charge in [-0.05, 0) is 30.7 Å². The predicted octanol–water partition coefficient (Wildman–Crippen LogP) is 5.57. The average Bonchev–Trinajstić information content (AvgIpc) is 2.60. The van der Waals surface area contributed by atoms with Gasteiger partial charge in [0.25, 0.3) is 0 Å². The summed E-state index contributed by atoms with van der Waals surface area (Å²) in [5, 5.41) is 19.6. The summed E-state index contributed by atoms with van der Waals surface area (Å²) >= 11 is 0. The first kappa shape index (κ1) is 20.6. The molecule has 144 valence electrons. The second kappa shape index (κ2) is 7.92. The van der Waals surface area contributed by atoms with E-state index >= 15 is 0 Å². The van der Waals surface area contributed by atoms with Crippen LogP contribution in [0.1, 0.15) is 11.1 Å². The van der Waals surface area contributed by atoms with Crippen LogP contribution in [0.2, 0.25) is 0 Å². The van der Waals surface area contributed by atoms with Gasteiger partial charge in [0.15, 0.2) is 17.4 Å². The van der Waals surface area contributed by atoms with E-state index in [2.05, 4.69) is 5.32 Å². The van der Waals surface area contributed by atoms with Crippen molar-refractivity contribution in [2.45, 2.75) is 13.1 Å². The summed E-state index contributed by atoms with van der Waals surface area (Å²) in [7, 11) is 0. The molecule has 0 aliphatic carbocycles. The number of nitrogens with zero attached hydrogens (tertiary/aromatic N) is 2. The topological polar surface area (TPSA) is 68.8 Å². The Bertz CT molecular complexity index is 992. The highest BCUT2D eigenvalue weighted by Gasteiger charge is 2.33. The van der Waals surface area contributed by atoms with Crippen LogP contribution >= 0.6 is 0 Å². The summed E-state index contributed by atoms with van der Waals surface area (Å²) < 4.78 is 84.7. The Balaban J connectivity index is 2.42. The van der Waals surface area contributed by atoms with Crippen molar-refractivity contribution in [3.63, 3.8) is 0 Å². The molecule has 10 heteroatoms. The molecule has 2 aromatic carbocycles. The average molecular weight is 397 g/mol. The SMILES string of the molecule is Cc1cc(F)c(NC=C(C#N)C#N)cc1Oc1c(F)cc(C(F)(F)F)cc1F. The van der Waals surface area contributed by atoms with Gasteiger partial charge in [0.1, 0.15) is 29.3 Å². The Labute approximate surface area is 154 Å². The van der Waals surface area contributed by atoms with E-state index in [1.807, 2.05) is 0 Å². The maximum Gasteiger partial charge on any atom is 0.416 e. The zero-order chi connectivity index (χ0) is 21.1. The Morgan fingerprint density at radius 1 is 1.00 bits per heavy atom. The normalized spacial score (nSPS) is 10.6. The predicted molar refractivity (Wildman–Crippen MR) is 85.5 cm³/mol. The fourth-order valence-electron chi connectivity index (χ4n) is 2.04. The summed E-state index contributed by atoms with van der Waals surface area (Å²) in [6.07, 6.45) is -4.05. The first-order valence-electron chi connectivity index (χ1n) is 7.38. The summed E-state index contributed by atoms with van der Waals surface area (Å²) in [6.45, 7) is 1.34. The molecule has 0 atom stereocenters. The third-order valence-electron chi connectivity index (χ3n) is 3.42. The third-order valence-corrected chi connectivity index (χ3v) is 3.42. The zero-order valence-electron chi connectivity index (χ0n) is 14.0. The third kappa shape index (κ3) is 4.54. The van der Waals surface area contributed by atoms with Gasteiger partial charge < -0.3 is 10.1 Å². The molecule has 0 heterocycles. The number of rotatable bonds is 4. The van der Waals surface area contributed by atoms with Crippen LogP contribution in [0.3, 0.4) is 0 Å². The first-order valence-corrected chi connectivity index (χ1v) is 7.38. The van der Waals surface area contributed by atoms with Crippen LogP contribution in [-0.4, -0.2) is 0 Å². The van der Waals surface area contributed by atoms with Gasteiger partial charge in [0.05, 0.1) is 11.3 Å². The lowest BCUT2D eigenvalue weighted by Gasteiger charge is -2.14. The molecule has 0 fully saturated rings. The van der Waals surface area contributed by atoms with E-state index in [1.54, 1.807) is 0 Å². The molecule has 0 saturated carbocycles. The van der Waals surface area contributed by atoms with Crippen molar-refractivity contribution in [2.75, 3.05) is 5.32 Å². The lowest BCUT2D eigenvalue weighted by molar-refractivity contribution is -0.138. The first-order chi connectivity index (χ1) is 13.1. The van der Waals surface area contributed by atoms with Gasteiger partial charge >= 0.3 is 6.18 Å². The number of nitriles is 2. The summed E-state index contributed by atoms with van der Waals surface area (Å²) in [5.41, 5.74) is -2.11. The smallest absolute Gasteiger partial charge is 0.416 e. The van der Waals surface area contributed by atoms with E-state index in [1.165, 1.54) is 19.1 Å². The fourth-order valence-corrected chi connectivity index (χ4v) is 2.04. The molecule has 2 aromatic rings. The number of aryl methyl sites for hydroxylation is 1. The number of anilines is 1. The van der Waals surface area contributed by atoms with Gasteiger partial charge in [-0.15, -0.1) is 0 Å². The maximum absolute atomic E-state index is 14.0. The number of nitrogens with one attached hydrogen (secondary N) is 1. The van der Waals surface area contributed by atoms with Crippen LogP contribution in [-0.2, 0) is 6.18 Å². The Hall–Kier alpha value is -3.66.